The molecule has 1 aliphatic rings. The maximum atomic E-state index is 11.6. The Morgan fingerprint density at radius 2 is 2.00 bits per heavy atom. The van der Waals surface area contributed by atoms with Crippen LogP contribution in [0.15, 0.2) is 0 Å². The molecule has 0 aliphatic heterocycles. The third-order valence-corrected chi connectivity index (χ3v) is 6.17. The first-order chi connectivity index (χ1) is 7.71. The maximum absolute atomic E-state index is 11.6. The van der Waals surface area contributed by atoms with Gasteiger partial charge < -0.3 is 10.1 Å². The van der Waals surface area contributed by atoms with E-state index in [4.69, 9.17) is 4.74 Å². The second kappa shape index (κ2) is 5.24. The predicted octanol–water partition coefficient (Wildman–Crippen LogP) is 1.21. The summed E-state index contributed by atoms with van der Waals surface area (Å²) < 4.78 is 28.6. The van der Waals surface area contributed by atoms with Gasteiger partial charge in [-0.15, -0.1) is 0 Å². The topological polar surface area (TPSA) is 55.4 Å². The van der Waals surface area contributed by atoms with Gasteiger partial charge in [0.2, 0.25) is 0 Å². The lowest BCUT2D eigenvalue weighted by Crippen LogP contribution is -2.61. The van der Waals surface area contributed by atoms with Crippen LogP contribution in [0.2, 0.25) is 0 Å². The Morgan fingerprint density at radius 1 is 1.41 bits per heavy atom. The van der Waals surface area contributed by atoms with E-state index in [2.05, 4.69) is 19.2 Å². The Bertz CT molecular complexity index is 349. The standard InChI is InChI=1S/C12H25NO3S/c1-9(2)17(14,15)7-6-13-10-8-11(16-5)12(10,3)4/h9-11,13H,6-8H2,1-5H3. The lowest BCUT2D eigenvalue weighted by atomic mass is 9.64. The Kier molecular flexibility index (Phi) is 4.60. The minimum atomic E-state index is -2.93. The van der Waals surface area contributed by atoms with Gasteiger partial charge in [0, 0.05) is 25.1 Å². The fourth-order valence-corrected chi connectivity index (χ4v) is 3.12. The Morgan fingerprint density at radius 3 is 2.41 bits per heavy atom. The highest BCUT2D eigenvalue weighted by molar-refractivity contribution is 7.92. The van der Waals surface area contributed by atoms with Gasteiger partial charge in [0.15, 0.2) is 9.84 Å². The fraction of sp³-hybridized carbons (Fsp3) is 1.00. The molecule has 0 aromatic carbocycles. The van der Waals surface area contributed by atoms with E-state index in [0.717, 1.165) is 6.42 Å². The van der Waals surface area contributed by atoms with Crippen LogP contribution < -0.4 is 5.32 Å². The lowest BCUT2D eigenvalue weighted by Gasteiger charge is -2.51. The van der Waals surface area contributed by atoms with Crippen LogP contribution in [0.1, 0.15) is 34.1 Å². The summed E-state index contributed by atoms with van der Waals surface area (Å²) in [6.45, 7) is 8.29. The van der Waals surface area contributed by atoms with E-state index in [-0.39, 0.29) is 22.5 Å². The van der Waals surface area contributed by atoms with Crippen molar-refractivity contribution in [2.75, 3.05) is 19.4 Å². The molecule has 1 rings (SSSR count). The van der Waals surface area contributed by atoms with E-state index in [0.29, 0.717) is 12.6 Å². The van der Waals surface area contributed by atoms with Crippen LogP contribution in [-0.4, -0.2) is 45.2 Å². The van der Waals surface area contributed by atoms with Crippen LogP contribution >= 0.6 is 0 Å². The number of methoxy groups -OCH3 is 1. The molecule has 1 saturated carbocycles. The lowest BCUT2D eigenvalue weighted by molar-refractivity contribution is -0.0968. The van der Waals surface area contributed by atoms with Crippen molar-refractivity contribution in [3.05, 3.63) is 0 Å². The van der Waals surface area contributed by atoms with Gasteiger partial charge >= 0.3 is 0 Å². The minimum absolute atomic E-state index is 0.0936. The summed E-state index contributed by atoms with van der Waals surface area (Å²) in [5.41, 5.74) is 0.0936. The number of hydrogen-bond donors (Lipinski definition) is 1. The molecule has 17 heavy (non-hydrogen) atoms. The molecule has 0 aromatic rings. The molecule has 0 amide bonds. The largest absolute Gasteiger partial charge is 0.381 e. The average Bonchev–Trinajstić information content (AvgIpc) is 2.21. The first-order valence-electron chi connectivity index (χ1n) is 6.19. The van der Waals surface area contributed by atoms with Gasteiger partial charge in [-0.25, -0.2) is 8.42 Å². The zero-order valence-corrected chi connectivity index (χ0v) is 12.3. The normalized spacial score (nSPS) is 28.1. The van der Waals surface area contributed by atoms with Crippen molar-refractivity contribution in [1.29, 1.82) is 0 Å². The summed E-state index contributed by atoms with van der Waals surface area (Å²) in [6, 6.07) is 0.356. The molecule has 1 N–H and O–H groups in total. The molecule has 102 valence electrons. The van der Waals surface area contributed by atoms with Gasteiger partial charge in [-0.1, -0.05) is 13.8 Å². The van der Waals surface area contributed by atoms with Crippen molar-refractivity contribution in [1.82, 2.24) is 5.32 Å². The Balaban J connectivity index is 2.35. The zero-order chi connectivity index (χ0) is 13.3. The Labute approximate surface area is 105 Å². The molecule has 0 saturated heterocycles. The first kappa shape index (κ1) is 14.9. The summed E-state index contributed by atoms with van der Waals surface area (Å²) in [5, 5.41) is 3.04. The zero-order valence-electron chi connectivity index (χ0n) is 11.5. The second-order valence-electron chi connectivity index (χ2n) is 5.70. The molecule has 0 radical (unpaired) electrons. The number of rotatable bonds is 6. The van der Waals surface area contributed by atoms with Crippen molar-refractivity contribution in [3.63, 3.8) is 0 Å². The second-order valence-corrected chi connectivity index (χ2v) is 8.38. The van der Waals surface area contributed by atoms with Crippen molar-refractivity contribution >= 4 is 9.84 Å². The van der Waals surface area contributed by atoms with Crippen LogP contribution in [0.5, 0.6) is 0 Å². The number of sulfone groups is 1. The van der Waals surface area contributed by atoms with Gasteiger partial charge in [-0.3, -0.25) is 0 Å². The summed E-state index contributed by atoms with van der Waals surface area (Å²) in [7, 11) is -1.20. The quantitative estimate of drug-likeness (QED) is 0.782. The number of ether oxygens (including phenoxy) is 1. The van der Waals surface area contributed by atoms with Crippen molar-refractivity contribution in [2.24, 2.45) is 5.41 Å². The maximum Gasteiger partial charge on any atom is 0.153 e. The first-order valence-corrected chi connectivity index (χ1v) is 7.91. The highest BCUT2D eigenvalue weighted by Crippen LogP contribution is 2.42. The van der Waals surface area contributed by atoms with E-state index in [1.54, 1.807) is 21.0 Å². The van der Waals surface area contributed by atoms with Crippen LogP contribution in [0.4, 0.5) is 0 Å². The van der Waals surface area contributed by atoms with E-state index in [1.165, 1.54) is 0 Å². The molecule has 4 nitrogen and oxygen atoms in total. The highest BCUT2D eigenvalue weighted by atomic mass is 32.2. The van der Waals surface area contributed by atoms with Gasteiger partial charge in [-0.2, -0.15) is 0 Å². The fourth-order valence-electron chi connectivity index (χ4n) is 2.24. The third-order valence-electron chi connectivity index (χ3n) is 3.96. The van der Waals surface area contributed by atoms with Crippen molar-refractivity contribution in [3.8, 4) is 0 Å². The SMILES string of the molecule is COC1CC(NCCS(=O)(=O)C(C)C)C1(C)C. The number of hydrogen-bond acceptors (Lipinski definition) is 4. The van der Waals surface area contributed by atoms with Crippen LogP contribution in [0.25, 0.3) is 0 Å². The third kappa shape index (κ3) is 3.20. The molecule has 0 aromatic heterocycles. The van der Waals surface area contributed by atoms with Crippen LogP contribution in [0.3, 0.4) is 0 Å². The summed E-state index contributed by atoms with van der Waals surface area (Å²) in [5.74, 6) is 0.217. The molecule has 2 atom stereocenters. The average molecular weight is 263 g/mol. The highest BCUT2D eigenvalue weighted by Gasteiger charge is 2.48. The predicted molar refractivity (Wildman–Crippen MR) is 69.9 cm³/mol. The summed E-state index contributed by atoms with van der Waals surface area (Å²) in [6.07, 6.45) is 1.24. The molecular weight excluding hydrogens is 238 g/mol. The summed E-state index contributed by atoms with van der Waals surface area (Å²) in [4.78, 5) is 0. The van der Waals surface area contributed by atoms with E-state index >= 15 is 0 Å². The van der Waals surface area contributed by atoms with Crippen LogP contribution in [0, 0.1) is 5.41 Å². The smallest absolute Gasteiger partial charge is 0.153 e. The van der Waals surface area contributed by atoms with Gasteiger partial charge in [-0.05, 0) is 20.3 Å². The molecular formula is C12H25NO3S. The molecule has 1 aliphatic carbocycles. The minimum Gasteiger partial charge on any atom is -0.381 e. The van der Waals surface area contributed by atoms with Gasteiger partial charge in [0.1, 0.15) is 0 Å². The molecule has 0 spiro atoms. The summed E-state index contributed by atoms with van der Waals surface area (Å²) >= 11 is 0. The van der Waals surface area contributed by atoms with E-state index in [9.17, 15) is 8.42 Å². The molecule has 5 heteroatoms. The monoisotopic (exact) mass is 263 g/mol. The number of nitrogens with one attached hydrogen (secondary N) is 1. The van der Waals surface area contributed by atoms with Gasteiger partial charge in [0.25, 0.3) is 0 Å². The molecule has 2 unspecified atom stereocenters. The van der Waals surface area contributed by atoms with Crippen molar-refractivity contribution < 1.29 is 13.2 Å². The van der Waals surface area contributed by atoms with Crippen molar-refractivity contribution in [2.45, 2.75) is 51.5 Å². The van der Waals surface area contributed by atoms with Crippen LogP contribution in [-0.2, 0) is 14.6 Å². The molecule has 0 bridgehead atoms. The Hall–Kier alpha value is -0.130. The molecule has 0 heterocycles. The van der Waals surface area contributed by atoms with Gasteiger partial charge in [0.05, 0.1) is 17.1 Å². The van der Waals surface area contributed by atoms with E-state index in [1.807, 2.05) is 0 Å². The molecule has 1 fully saturated rings. The van der Waals surface area contributed by atoms with E-state index < -0.39 is 9.84 Å².